The Morgan fingerprint density at radius 3 is 2.47 bits per heavy atom. The Labute approximate surface area is 181 Å². The summed E-state index contributed by atoms with van der Waals surface area (Å²) in [5.74, 6) is -1.36. The normalized spacial score (nSPS) is 11.8. The maximum Gasteiger partial charge on any atom is 0.471 e. The highest BCUT2D eigenvalue weighted by Gasteiger charge is 2.42. The predicted molar refractivity (Wildman–Crippen MR) is 111 cm³/mol. The molecule has 4 aromatic rings. The highest BCUT2D eigenvalue weighted by Crippen LogP contribution is 2.27. The largest absolute Gasteiger partial charge is 0.497 e. The van der Waals surface area contributed by atoms with Crippen molar-refractivity contribution in [2.45, 2.75) is 33.1 Å². The molecule has 0 unspecified atom stereocenters. The molecule has 0 radical (unpaired) electrons. The van der Waals surface area contributed by atoms with Gasteiger partial charge in [0.05, 0.1) is 19.2 Å². The number of pyridine rings is 1. The van der Waals surface area contributed by atoms with Gasteiger partial charge in [0, 0.05) is 17.5 Å². The molecule has 0 bridgehead atoms. The van der Waals surface area contributed by atoms with Crippen molar-refractivity contribution in [1.82, 2.24) is 24.9 Å². The molecule has 0 fully saturated rings. The second-order valence-corrected chi connectivity index (χ2v) is 7.61. The fraction of sp³-hybridized carbons (Fsp3) is 0.273. The summed E-state index contributed by atoms with van der Waals surface area (Å²) < 4.78 is 46.7. The maximum atomic E-state index is 13.4. The van der Waals surface area contributed by atoms with Crippen molar-refractivity contribution in [3.8, 4) is 5.75 Å². The van der Waals surface area contributed by atoms with E-state index in [4.69, 9.17) is 4.74 Å². The number of alkyl halides is 3. The van der Waals surface area contributed by atoms with Crippen LogP contribution in [0.3, 0.4) is 0 Å². The molecule has 0 aliphatic carbocycles. The van der Waals surface area contributed by atoms with Gasteiger partial charge in [-0.1, -0.05) is 23.8 Å². The molecule has 0 aliphatic heterocycles. The highest BCUT2D eigenvalue weighted by molar-refractivity contribution is 5.87. The van der Waals surface area contributed by atoms with Crippen LogP contribution >= 0.6 is 0 Å². The summed E-state index contributed by atoms with van der Waals surface area (Å²) in [6, 6.07) is 12.1. The van der Waals surface area contributed by atoms with Crippen LogP contribution in [0, 0.1) is 13.8 Å². The van der Waals surface area contributed by atoms with Gasteiger partial charge in [-0.25, -0.2) is 0 Å². The summed E-state index contributed by atoms with van der Waals surface area (Å²) in [6.45, 7) is 3.30. The number of fused-ring (bicyclic) bond motifs is 3. The van der Waals surface area contributed by atoms with Gasteiger partial charge in [-0.2, -0.15) is 17.7 Å². The van der Waals surface area contributed by atoms with E-state index in [1.807, 2.05) is 26.0 Å². The van der Waals surface area contributed by atoms with Crippen LogP contribution in [-0.4, -0.2) is 44.1 Å². The van der Waals surface area contributed by atoms with Crippen molar-refractivity contribution in [3.63, 3.8) is 0 Å². The van der Waals surface area contributed by atoms with Gasteiger partial charge in [0.15, 0.2) is 5.65 Å². The number of halogens is 3. The van der Waals surface area contributed by atoms with Gasteiger partial charge in [0.25, 0.3) is 0 Å². The Balaban J connectivity index is 1.78. The number of benzene rings is 2. The van der Waals surface area contributed by atoms with Crippen LogP contribution in [0.25, 0.3) is 16.6 Å². The zero-order valence-electron chi connectivity index (χ0n) is 17.6. The summed E-state index contributed by atoms with van der Waals surface area (Å²) in [6.07, 6.45) is -5.02. The molecule has 0 N–H and O–H groups in total. The van der Waals surface area contributed by atoms with Gasteiger partial charge >= 0.3 is 12.1 Å². The van der Waals surface area contributed by atoms with Crippen molar-refractivity contribution in [1.29, 1.82) is 0 Å². The zero-order valence-corrected chi connectivity index (χ0v) is 17.6. The standard InChI is InChI=1S/C22H20F3N5O2/c1-13-8-14(2)19-16(9-13)10-17(20-26-27-28-30(19)20)12-29(21(31)22(23,24)25)11-15-4-6-18(32-3)7-5-15/h4-10H,11-12H2,1-3H3. The van der Waals surface area contributed by atoms with E-state index in [2.05, 4.69) is 15.5 Å². The molecular weight excluding hydrogens is 423 g/mol. The first kappa shape index (κ1) is 21.5. The number of amides is 1. The van der Waals surface area contributed by atoms with Gasteiger partial charge in [0.2, 0.25) is 0 Å². The summed E-state index contributed by atoms with van der Waals surface area (Å²) in [7, 11) is 1.50. The fourth-order valence-corrected chi connectivity index (χ4v) is 3.83. The molecule has 0 saturated heterocycles. The molecule has 1 amide bonds. The van der Waals surface area contributed by atoms with Crippen molar-refractivity contribution in [3.05, 3.63) is 64.7 Å². The molecule has 4 rings (SSSR count). The lowest BCUT2D eigenvalue weighted by Crippen LogP contribution is -2.40. The number of rotatable bonds is 5. The van der Waals surface area contributed by atoms with Crippen molar-refractivity contribution < 1.29 is 22.7 Å². The lowest BCUT2D eigenvalue weighted by molar-refractivity contribution is -0.186. The number of methoxy groups -OCH3 is 1. The number of aryl methyl sites for hydroxylation is 2. The quantitative estimate of drug-likeness (QED) is 0.466. The Morgan fingerprint density at radius 2 is 1.81 bits per heavy atom. The molecule has 2 heterocycles. The number of hydrogen-bond acceptors (Lipinski definition) is 5. The molecule has 166 valence electrons. The number of tetrazole rings is 1. The van der Waals surface area contributed by atoms with Crippen LogP contribution < -0.4 is 4.74 Å². The third kappa shape index (κ3) is 4.08. The summed E-state index contributed by atoms with van der Waals surface area (Å²) in [5.41, 5.74) is 3.95. The first-order valence-corrected chi connectivity index (χ1v) is 9.77. The third-order valence-electron chi connectivity index (χ3n) is 5.20. The highest BCUT2D eigenvalue weighted by atomic mass is 19.4. The number of hydrogen-bond donors (Lipinski definition) is 0. The molecule has 2 aromatic heterocycles. The molecule has 32 heavy (non-hydrogen) atoms. The number of carbonyl (C=O) groups excluding carboxylic acids is 1. The Morgan fingerprint density at radius 1 is 1.09 bits per heavy atom. The molecule has 0 spiro atoms. The summed E-state index contributed by atoms with van der Waals surface area (Å²) >= 11 is 0. The van der Waals surface area contributed by atoms with Crippen LogP contribution in [0.15, 0.2) is 42.5 Å². The van der Waals surface area contributed by atoms with Crippen molar-refractivity contribution in [2.75, 3.05) is 7.11 Å². The van der Waals surface area contributed by atoms with Gasteiger partial charge in [-0.3, -0.25) is 4.79 Å². The zero-order chi connectivity index (χ0) is 23.0. The summed E-state index contributed by atoms with van der Waals surface area (Å²) in [4.78, 5) is 13.0. The van der Waals surface area contributed by atoms with E-state index >= 15 is 0 Å². The first-order valence-electron chi connectivity index (χ1n) is 9.77. The number of carbonyl (C=O) groups is 1. The van der Waals surface area contributed by atoms with Crippen LogP contribution in [0.2, 0.25) is 0 Å². The number of nitrogens with zero attached hydrogens (tertiary/aromatic N) is 5. The molecule has 0 aliphatic rings. The second kappa shape index (κ2) is 8.10. The minimum Gasteiger partial charge on any atom is -0.497 e. The van der Waals surface area contributed by atoms with E-state index < -0.39 is 12.1 Å². The Kier molecular flexibility index (Phi) is 5.45. The van der Waals surface area contributed by atoms with Crippen molar-refractivity contribution in [2.24, 2.45) is 0 Å². The van der Waals surface area contributed by atoms with Crippen LogP contribution in [-0.2, 0) is 17.9 Å². The van der Waals surface area contributed by atoms with Gasteiger partial charge < -0.3 is 9.64 Å². The predicted octanol–water partition coefficient (Wildman–Crippen LogP) is 3.99. The van der Waals surface area contributed by atoms with Crippen molar-refractivity contribution >= 4 is 22.5 Å². The summed E-state index contributed by atoms with van der Waals surface area (Å²) in [5, 5.41) is 12.5. The Hall–Kier alpha value is -3.69. The third-order valence-corrected chi connectivity index (χ3v) is 5.20. The van der Waals surface area contributed by atoms with Gasteiger partial charge in [0.1, 0.15) is 5.75 Å². The van der Waals surface area contributed by atoms with E-state index in [1.54, 1.807) is 30.3 Å². The van der Waals surface area contributed by atoms with E-state index in [1.165, 1.54) is 11.6 Å². The lowest BCUT2D eigenvalue weighted by Gasteiger charge is -2.24. The topological polar surface area (TPSA) is 72.6 Å². The minimum absolute atomic E-state index is 0.235. The van der Waals surface area contributed by atoms with E-state index in [0.717, 1.165) is 26.9 Å². The Bertz CT molecular complexity index is 1300. The second-order valence-electron chi connectivity index (χ2n) is 7.61. The first-order chi connectivity index (χ1) is 15.2. The van der Waals surface area contributed by atoms with Crippen LogP contribution in [0.5, 0.6) is 5.75 Å². The van der Waals surface area contributed by atoms with E-state index in [-0.39, 0.29) is 13.1 Å². The molecule has 2 aromatic carbocycles. The average Bonchev–Trinajstić information content (AvgIpc) is 3.22. The monoisotopic (exact) mass is 443 g/mol. The molecule has 10 heteroatoms. The average molecular weight is 443 g/mol. The minimum atomic E-state index is -5.02. The smallest absolute Gasteiger partial charge is 0.471 e. The maximum absolute atomic E-state index is 13.4. The number of aromatic nitrogens is 4. The van der Waals surface area contributed by atoms with E-state index in [9.17, 15) is 18.0 Å². The molecule has 7 nitrogen and oxygen atoms in total. The number of ether oxygens (including phenoxy) is 1. The lowest BCUT2D eigenvalue weighted by atomic mass is 10.0. The van der Waals surface area contributed by atoms with Crippen LogP contribution in [0.1, 0.15) is 22.3 Å². The molecular formula is C22H20F3N5O2. The van der Waals surface area contributed by atoms with Crippen LogP contribution in [0.4, 0.5) is 13.2 Å². The van der Waals surface area contributed by atoms with Gasteiger partial charge in [-0.05, 0) is 59.7 Å². The SMILES string of the molecule is COc1ccc(CN(Cc2cc3cc(C)cc(C)c3n3nnnc23)C(=O)C(F)(F)F)cc1. The van der Waals surface area contributed by atoms with Gasteiger partial charge in [-0.15, -0.1) is 5.10 Å². The molecule has 0 saturated carbocycles. The fourth-order valence-electron chi connectivity index (χ4n) is 3.83. The van der Waals surface area contributed by atoms with E-state index in [0.29, 0.717) is 22.5 Å². The molecule has 0 atom stereocenters.